The second-order valence-corrected chi connectivity index (χ2v) is 5.56. The molecule has 1 aromatic carbocycles. The molecule has 0 aliphatic heterocycles. The van der Waals surface area contributed by atoms with Gasteiger partial charge in [-0.25, -0.2) is 0 Å². The molecule has 0 spiro atoms. The third-order valence-corrected chi connectivity index (χ3v) is 3.99. The van der Waals surface area contributed by atoms with Crippen LogP contribution in [0.5, 0.6) is 0 Å². The first-order chi connectivity index (χ1) is 8.43. The Balaban J connectivity index is 2.53. The number of nitrogens with zero attached hydrogens (tertiary/aromatic N) is 2. The monoisotopic (exact) mass is 266 g/mol. The SMILES string of the molecule is Cc1cn(S(=O)(=O)c2ccccc2)nc1B(O)O. The van der Waals surface area contributed by atoms with E-state index in [1.165, 1.54) is 18.3 Å². The van der Waals surface area contributed by atoms with E-state index in [2.05, 4.69) is 5.10 Å². The summed E-state index contributed by atoms with van der Waals surface area (Å²) in [6.45, 7) is 1.55. The number of aromatic nitrogens is 2. The maximum Gasteiger partial charge on any atom is 0.510 e. The van der Waals surface area contributed by atoms with Crippen molar-refractivity contribution in [2.75, 3.05) is 0 Å². The molecule has 2 aromatic rings. The molecule has 2 N–H and O–H groups in total. The molecule has 1 aromatic heterocycles. The van der Waals surface area contributed by atoms with E-state index in [9.17, 15) is 8.42 Å². The van der Waals surface area contributed by atoms with Gasteiger partial charge in [-0.15, -0.1) is 0 Å². The van der Waals surface area contributed by atoms with Gasteiger partial charge in [-0.2, -0.15) is 17.6 Å². The Morgan fingerprint density at radius 1 is 1.22 bits per heavy atom. The van der Waals surface area contributed by atoms with E-state index in [1.807, 2.05) is 0 Å². The standard InChI is InChI=1S/C10H11BN2O4S/c1-8-7-13(12-10(8)11(14)15)18(16,17)9-5-3-2-4-6-9/h2-7,14-15H,1H3. The van der Waals surface area contributed by atoms with Gasteiger partial charge in [-0.05, 0) is 24.6 Å². The summed E-state index contributed by atoms with van der Waals surface area (Å²) in [6, 6.07) is 7.80. The molecular weight excluding hydrogens is 255 g/mol. The van der Waals surface area contributed by atoms with Crippen LogP contribution in [0.25, 0.3) is 0 Å². The Morgan fingerprint density at radius 3 is 2.33 bits per heavy atom. The zero-order chi connectivity index (χ0) is 13.3. The van der Waals surface area contributed by atoms with Gasteiger partial charge in [0, 0.05) is 6.20 Å². The zero-order valence-electron chi connectivity index (χ0n) is 9.56. The van der Waals surface area contributed by atoms with E-state index < -0.39 is 17.1 Å². The first-order valence-corrected chi connectivity index (χ1v) is 6.60. The summed E-state index contributed by atoms with van der Waals surface area (Å²) in [5.41, 5.74) is 0.319. The summed E-state index contributed by atoms with van der Waals surface area (Å²) < 4.78 is 25.1. The molecule has 8 heteroatoms. The van der Waals surface area contributed by atoms with Gasteiger partial charge in [-0.3, -0.25) is 0 Å². The molecule has 0 unspecified atom stereocenters. The van der Waals surface area contributed by atoms with Gasteiger partial charge in [0.2, 0.25) is 0 Å². The van der Waals surface area contributed by atoms with Crippen LogP contribution < -0.4 is 5.59 Å². The van der Waals surface area contributed by atoms with Crippen molar-refractivity contribution in [3.8, 4) is 0 Å². The van der Waals surface area contributed by atoms with Gasteiger partial charge in [0.05, 0.1) is 10.5 Å². The summed E-state index contributed by atoms with van der Waals surface area (Å²) in [5, 5.41) is 21.8. The molecule has 0 atom stereocenters. The van der Waals surface area contributed by atoms with Crippen molar-refractivity contribution in [1.82, 2.24) is 9.19 Å². The second-order valence-electron chi connectivity index (χ2n) is 3.76. The summed E-state index contributed by atoms with van der Waals surface area (Å²) in [6.07, 6.45) is 1.25. The third kappa shape index (κ3) is 2.17. The van der Waals surface area contributed by atoms with Crippen LogP contribution in [0.4, 0.5) is 0 Å². The molecule has 6 nitrogen and oxygen atoms in total. The highest BCUT2D eigenvalue weighted by molar-refractivity contribution is 7.89. The Hall–Kier alpha value is -1.64. The molecule has 0 saturated heterocycles. The topological polar surface area (TPSA) is 92.4 Å². The van der Waals surface area contributed by atoms with Gasteiger partial charge in [-0.1, -0.05) is 18.2 Å². The lowest BCUT2D eigenvalue weighted by Gasteiger charge is -2.03. The lowest BCUT2D eigenvalue weighted by atomic mass is 9.84. The Labute approximate surface area is 105 Å². The highest BCUT2D eigenvalue weighted by Gasteiger charge is 2.24. The van der Waals surface area contributed by atoms with E-state index in [0.29, 0.717) is 5.56 Å². The highest BCUT2D eigenvalue weighted by Crippen LogP contribution is 2.12. The van der Waals surface area contributed by atoms with Crippen molar-refractivity contribution in [2.45, 2.75) is 11.8 Å². The first kappa shape index (κ1) is 12.8. The van der Waals surface area contributed by atoms with Gasteiger partial charge in [0.15, 0.2) is 0 Å². The lowest BCUT2D eigenvalue weighted by Crippen LogP contribution is -2.34. The Kier molecular flexibility index (Phi) is 3.25. The van der Waals surface area contributed by atoms with Gasteiger partial charge < -0.3 is 10.0 Å². The molecule has 2 rings (SSSR count). The van der Waals surface area contributed by atoms with Gasteiger partial charge in [0.1, 0.15) is 0 Å². The van der Waals surface area contributed by atoms with E-state index >= 15 is 0 Å². The molecule has 18 heavy (non-hydrogen) atoms. The van der Waals surface area contributed by atoms with Crippen molar-refractivity contribution >= 4 is 22.7 Å². The molecule has 0 fully saturated rings. The van der Waals surface area contributed by atoms with E-state index in [4.69, 9.17) is 10.0 Å². The number of rotatable bonds is 3. The van der Waals surface area contributed by atoms with Crippen LogP contribution in [0.2, 0.25) is 0 Å². The Bertz CT molecular complexity index is 652. The number of hydrogen-bond donors (Lipinski definition) is 2. The minimum atomic E-state index is -3.79. The maximum atomic E-state index is 12.2. The number of hydrogen-bond acceptors (Lipinski definition) is 5. The van der Waals surface area contributed by atoms with E-state index in [-0.39, 0.29) is 10.5 Å². The normalized spacial score (nSPS) is 11.5. The van der Waals surface area contributed by atoms with Crippen molar-refractivity contribution in [1.29, 1.82) is 0 Å². The molecule has 0 amide bonds. The summed E-state index contributed by atoms with van der Waals surface area (Å²) >= 11 is 0. The van der Waals surface area contributed by atoms with Crippen molar-refractivity contribution < 1.29 is 18.5 Å². The quantitative estimate of drug-likeness (QED) is 0.703. The van der Waals surface area contributed by atoms with Crippen LogP contribution in [-0.2, 0) is 10.0 Å². The fourth-order valence-corrected chi connectivity index (χ4v) is 2.73. The molecule has 94 valence electrons. The van der Waals surface area contributed by atoms with E-state index in [0.717, 1.165) is 4.09 Å². The summed E-state index contributed by atoms with van der Waals surface area (Å²) in [5.74, 6) is 0. The largest absolute Gasteiger partial charge is 0.510 e. The lowest BCUT2D eigenvalue weighted by molar-refractivity contribution is 0.424. The molecule has 0 aliphatic rings. The van der Waals surface area contributed by atoms with Gasteiger partial charge in [0.25, 0.3) is 10.0 Å². The Morgan fingerprint density at radius 2 is 1.83 bits per heavy atom. The third-order valence-electron chi connectivity index (χ3n) is 2.45. The van der Waals surface area contributed by atoms with Crippen molar-refractivity contribution in [2.24, 2.45) is 0 Å². The maximum absolute atomic E-state index is 12.2. The van der Waals surface area contributed by atoms with Crippen LogP contribution in [0.3, 0.4) is 0 Å². The van der Waals surface area contributed by atoms with E-state index in [1.54, 1.807) is 25.1 Å². The van der Waals surface area contributed by atoms with Crippen LogP contribution in [0.1, 0.15) is 5.56 Å². The fourth-order valence-electron chi connectivity index (χ4n) is 1.52. The average molecular weight is 266 g/mol. The summed E-state index contributed by atoms with van der Waals surface area (Å²) in [7, 11) is -5.59. The molecule has 0 saturated carbocycles. The average Bonchev–Trinajstić information content (AvgIpc) is 2.73. The second kappa shape index (κ2) is 4.56. The predicted molar refractivity (Wildman–Crippen MR) is 65.8 cm³/mol. The minimum absolute atomic E-state index is 0.0745. The molecule has 0 bridgehead atoms. The molecular formula is C10H11BN2O4S. The number of benzene rings is 1. The molecule has 0 aliphatic carbocycles. The number of aryl methyl sites for hydroxylation is 1. The summed E-state index contributed by atoms with van der Waals surface area (Å²) in [4.78, 5) is 0.0893. The fraction of sp³-hybridized carbons (Fsp3) is 0.100. The predicted octanol–water partition coefficient (Wildman–Crippen LogP) is -0.892. The van der Waals surface area contributed by atoms with Crippen LogP contribution in [0.15, 0.2) is 41.4 Å². The van der Waals surface area contributed by atoms with Crippen LogP contribution in [-0.4, -0.2) is 34.8 Å². The molecule has 1 heterocycles. The first-order valence-electron chi connectivity index (χ1n) is 5.16. The van der Waals surface area contributed by atoms with Gasteiger partial charge >= 0.3 is 7.12 Å². The van der Waals surface area contributed by atoms with Crippen molar-refractivity contribution in [3.63, 3.8) is 0 Å². The molecule has 0 radical (unpaired) electrons. The highest BCUT2D eigenvalue weighted by atomic mass is 32.2. The minimum Gasteiger partial charge on any atom is -0.422 e. The van der Waals surface area contributed by atoms with Crippen LogP contribution >= 0.6 is 0 Å². The zero-order valence-corrected chi connectivity index (χ0v) is 10.4. The van der Waals surface area contributed by atoms with Crippen molar-refractivity contribution in [3.05, 3.63) is 42.1 Å². The van der Waals surface area contributed by atoms with Crippen LogP contribution in [0, 0.1) is 6.92 Å². The smallest absolute Gasteiger partial charge is 0.422 e.